The van der Waals surface area contributed by atoms with Crippen LogP contribution in [0.2, 0.25) is 0 Å². The third kappa shape index (κ3) is 4.52. The summed E-state index contributed by atoms with van der Waals surface area (Å²) in [4.78, 5) is 37.0. The van der Waals surface area contributed by atoms with Crippen molar-refractivity contribution in [2.24, 2.45) is 0 Å². The van der Waals surface area contributed by atoms with Crippen LogP contribution in [-0.4, -0.2) is 38.4 Å². The van der Waals surface area contributed by atoms with Crippen molar-refractivity contribution in [3.05, 3.63) is 95.2 Å². The molecular weight excluding hydrogens is 438 g/mol. The molecule has 0 spiro atoms. The molecule has 1 aromatic heterocycles. The molecule has 2 heterocycles. The Bertz CT molecular complexity index is 1400. The Labute approximate surface area is 204 Å². The third-order valence-corrected chi connectivity index (χ3v) is 6.61. The van der Waals surface area contributed by atoms with Gasteiger partial charge in [0, 0.05) is 24.2 Å². The van der Waals surface area contributed by atoms with Crippen LogP contribution in [0.15, 0.2) is 72.8 Å². The number of fused-ring (bicyclic) bond motifs is 2. The van der Waals surface area contributed by atoms with E-state index < -0.39 is 11.9 Å². The molecule has 35 heavy (non-hydrogen) atoms. The molecule has 5 rings (SSSR count). The molecule has 6 nitrogen and oxygen atoms in total. The van der Waals surface area contributed by atoms with E-state index in [4.69, 9.17) is 9.97 Å². The Balaban J connectivity index is 1.55. The van der Waals surface area contributed by atoms with E-state index >= 15 is 0 Å². The summed E-state index contributed by atoms with van der Waals surface area (Å²) in [7, 11) is 0. The van der Waals surface area contributed by atoms with E-state index in [1.165, 1.54) is 11.1 Å². The highest BCUT2D eigenvalue weighted by atomic mass is 16.4. The molecule has 3 aromatic carbocycles. The summed E-state index contributed by atoms with van der Waals surface area (Å²) in [6.45, 7) is 3.20. The van der Waals surface area contributed by atoms with Gasteiger partial charge in [-0.15, -0.1) is 0 Å². The summed E-state index contributed by atoms with van der Waals surface area (Å²) in [6.07, 6.45) is 2.00. The monoisotopic (exact) mass is 465 g/mol. The van der Waals surface area contributed by atoms with Crippen LogP contribution in [0.25, 0.3) is 22.3 Å². The zero-order chi connectivity index (χ0) is 24.4. The van der Waals surface area contributed by atoms with Crippen LogP contribution in [0.1, 0.15) is 52.9 Å². The van der Waals surface area contributed by atoms with Gasteiger partial charge < -0.3 is 10.0 Å². The lowest BCUT2D eigenvalue weighted by Crippen LogP contribution is -2.35. The standard InChI is InChI=1S/C29H27N3O3/c1-2-8-23(29(34)35)27-26(20-10-4-3-5-11-20)30-24-14-13-21(17-25(24)31-27)28(33)32-16-15-19-9-6-7-12-22(19)18-32/h3-7,9-14,17,23H,2,8,15-16,18H2,1H3,(H,34,35). The number of hydrogen-bond acceptors (Lipinski definition) is 4. The fourth-order valence-electron chi connectivity index (χ4n) is 4.77. The summed E-state index contributed by atoms with van der Waals surface area (Å²) in [6, 6.07) is 23.1. The number of aliphatic carboxylic acids is 1. The van der Waals surface area contributed by atoms with E-state index in [2.05, 4.69) is 12.1 Å². The molecule has 1 aliphatic heterocycles. The largest absolute Gasteiger partial charge is 0.481 e. The summed E-state index contributed by atoms with van der Waals surface area (Å²) in [5.41, 5.74) is 6.00. The van der Waals surface area contributed by atoms with Crippen molar-refractivity contribution in [2.45, 2.75) is 38.6 Å². The highest BCUT2D eigenvalue weighted by molar-refractivity contribution is 5.97. The Kier molecular flexibility index (Phi) is 6.27. The molecule has 0 bridgehead atoms. The van der Waals surface area contributed by atoms with Crippen LogP contribution >= 0.6 is 0 Å². The van der Waals surface area contributed by atoms with Gasteiger partial charge >= 0.3 is 5.97 Å². The van der Waals surface area contributed by atoms with Crippen molar-refractivity contribution in [3.8, 4) is 11.3 Å². The minimum Gasteiger partial charge on any atom is -0.481 e. The normalized spacial score (nSPS) is 13.9. The van der Waals surface area contributed by atoms with Gasteiger partial charge in [0.25, 0.3) is 5.91 Å². The van der Waals surface area contributed by atoms with E-state index in [9.17, 15) is 14.7 Å². The average molecular weight is 466 g/mol. The lowest BCUT2D eigenvalue weighted by Gasteiger charge is -2.29. The van der Waals surface area contributed by atoms with Crippen LogP contribution in [0.3, 0.4) is 0 Å². The molecule has 0 saturated carbocycles. The second kappa shape index (κ2) is 9.66. The zero-order valence-electron chi connectivity index (χ0n) is 19.6. The average Bonchev–Trinajstić information content (AvgIpc) is 2.90. The number of carboxylic acid groups (broad SMARTS) is 1. The van der Waals surface area contributed by atoms with Crippen molar-refractivity contribution >= 4 is 22.9 Å². The van der Waals surface area contributed by atoms with Crippen molar-refractivity contribution in [1.29, 1.82) is 0 Å². The maximum Gasteiger partial charge on any atom is 0.312 e. The number of benzene rings is 3. The Morgan fingerprint density at radius 3 is 2.43 bits per heavy atom. The maximum atomic E-state index is 13.4. The van der Waals surface area contributed by atoms with Gasteiger partial charge in [-0.25, -0.2) is 9.97 Å². The molecule has 6 heteroatoms. The van der Waals surface area contributed by atoms with Gasteiger partial charge in [0.2, 0.25) is 0 Å². The molecule has 0 saturated heterocycles. The number of hydrogen-bond donors (Lipinski definition) is 1. The second-order valence-electron chi connectivity index (χ2n) is 8.95. The van der Waals surface area contributed by atoms with Gasteiger partial charge in [-0.05, 0) is 42.2 Å². The van der Waals surface area contributed by atoms with Gasteiger partial charge in [0.05, 0.1) is 22.4 Å². The molecule has 1 N–H and O–H groups in total. The highest BCUT2D eigenvalue weighted by Gasteiger charge is 2.27. The van der Waals surface area contributed by atoms with Crippen LogP contribution in [-0.2, 0) is 17.8 Å². The van der Waals surface area contributed by atoms with Crippen molar-refractivity contribution < 1.29 is 14.7 Å². The molecule has 1 unspecified atom stereocenters. The lowest BCUT2D eigenvalue weighted by atomic mass is 9.94. The van der Waals surface area contributed by atoms with Gasteiger partial charge in [-0.1, -0.05) is 67.9 Å². The second-order valence-corrected chi connectivity index (χ2v) is 8.95. The Morgan fingerprint density at radius 2 is 1.69 bits per heavy atom. The zero-order valence-corrected chi connectivity index (χ0v) is 19.6. The van der Waals surface area contributed by atoms with Crippen LogP contribution in [0.4, 0.5) is 0 Å². The first-order valence-corrected chi connectivity index (χ1v) is 12.0. The molecule has 176 valence electrons. The van der Waals surface area contributed by atoms with Gasteiger partial charge in [-0.3, -0.25) is 9.59 Å². The van der Waals surface area contributed by atoms with Crippen LogP contribution in [0.5, 0.6) is 0 Å². The lowest BCUT2D eigenvalue weighted by molar-refractivity contribution is -0.139. The number of aromatic nitrogens is 2. The van der Waals surface area contributed by atoms with E-state index in [1.54, 1.807) is 18.2 Å². The van der Waals surface area contributed by atoms with Gasteiger partial charge in [0.1, 0.15) is 5.92 Å². The first kappa shape index (κ1) is 22.7. The van der Waals surface area contributed by atoms with Crippen molar-refractivity contribution in [2.75, 3.05) is 6.54 Å². The summed E-state index contributed by atoms with van der Waals surface area (Å²) >= 11 is 0. The Hall–Kier alpha value is -4.06. The van der Waals surface area contributed by atoms with Crippen LogP contribution in [0, 0.1) is 0 Å². The molecule has 4 aromatic rings. The summed E-state index contributed by atoms with van der Waals surface area (Å²) in [5.74, 6) is -1.75. The number of rotatable bonds is 6. The van der Waals surface area contributed by atoms with Gasteiger partial charge in [0.15, 0.2) is 0 Å². The third-order valence-electron chi connectivity index (χ3n) is 6.61. The van der Waals surface area contributed by atoms with Crippen molar-refractivity contribution in [1.82, 2.24) is 14.9 Å². The first-order chi connectivity index (χ1) is 17.0. The first-order valence-electron chi connectivity index (χ1n) is 12.0. The fraction of sp³-hybridized carbons (Fsp3) is 0.241. The maximum absolute atomic E-state index is 13.4. The highest BCUT2D eigenvalue weighted by Crippen LogP contribution is 2.32. The minimum atomic E-state index is -0.920. The van der Waals surface area contributed by atoms with E-state index in [1.807, 2.05) is 54.3 Å². The van der Waals surface area contributed by atoms with E-state index in [0.29, 0.717) is 53.9 Å². The molecule has 0 fully saturated rings. The van der Waals surface area contributed by atoms with E-state index in [-0.39, 0.29) is 5.91 Å². The number of nitrogens with zero attached hydrogens (tertiary/aromatic N) is 3. The minimum absolute atomic E-state index is 0.0553. The number of amides is 1. The SMILES string of the molecule is CCCC(C(=O)O)c1nc2cc(C(=O)N3CCc4ccccc4C3)ccc2nc1-c1ccccc1. The molecular formula is C29H27N3O3. The summed E-state index contributed by atoms with van der Waals surface area (Å²) < 4.78 is 0. The summed E-state index contributed by atoms with van der Waals surface area (Å²) in [5, 5.41) is 9.97. The molecule has 1 amide bonds. The number of carbonyl (C=O) groups excluding carboxylic acids is 1. The topological polar surface area (TPSA) is 83.4 Å². The van der Waals surface area contributed by atoms with Crippen LogP contribution < -0.4 is 0 Å². The quantitative estimate of drug-likeness (QED) is 0.409. The fourth-order valence-corrected chi connectivity index (χ4v) is 4.77. The van der Waals surface area contributed by atoms with Crippen molar-refractivity contribution in [3.63, 3.8) is 0 Å². The van der Waals surface area contributed by atoms with E-state index in [0.717, 1.165) is 12.0 Å². The van der Waals surface area contributed by atoms with Gasteiger partial charge in [-0.2, -0.15) is 0 Å². The predicted octanol–water partition coefficient (Wildman–Crippen LogP) is 5.46. The number of carbonyl (C=O) groups is 2. The molecule has 0 radical (unpaired) electrons. The molecule has 1 atom stereocenters. The predicted molar refractivity (Wildman–Crippen MR) is 135 cm³/mol. The number of carboxylic acids is 1. The smallest absolute Gasteiger partial charge is 0.312 e. The molecule has 1 aliphatic rings. The Morgan fingerprint density at radius 1 is 0.943 bits per heavy atom. The molecule has 0 aliphatic carbocycles.